The van der Waals surface area contributed by atoms with E-state index in [1.54, 1.807) is 17.0 Å². The SMILES string of the molecule is CCNCCCNc1nccn(C2CC2)c1=O. The molecule has 0 aromatic carbocycles. The molecule has 2 N–H and O–H groups in total. The predicted molar refractivity (Wildman–Crippen MR) is 68.4 cm³/mol. The van der Waals surface area contributed by atoms with Gasteiger partial charge in [0.2, 0.25) is 0 Å². The molecule has 94 valence electrons. The van der Waals surface area contributed by atoms with E-state index in [2.05, 4.69) is 22.5 Å². The highest BCUT2D eigenvalue weighted by molar-refractivity contribution is 5.30. The van der Waals surface area contributed by atoms with E-state index in [1.165, 1.54) is 0 Å². The number of hydrogen-bond acceptors (Lipinski definition) is 4. The van der Waals surface area contributed by atoms with Crippen LogP contribution in [0.15, 0.2) is 17.2 Å². The molecule has 2 rings (SSSR count). The first-order valence-corrected chi connectivity index (χ1v) is 6.34. The molecule has 1 aliphatic rings. The molecule has 17 heavy (non-hydrogen) atoms. The van der Waals surface area contributed by atoms with Gasteiger partial charge in [0.05, 0.1) is 0 Å². The number of anilines is 1. The van der Waals surface area contributed by atoms with Crippen LogP contribution in [-0.2, 0) is 0 Å². The second-order valence-electron chi connectivity index (χ2n) is 4.35. The van der Waals surface area contributed by atoms with Crippen LogP contribution in [0, 0.1) is 0 Å². The zero-order valence-corrected chi connectivity index (χ0v) is 10.3. The Morgan fingerprint density at radius 2 is 2.29 bits per heavy atom. The van der Waals surface area contributed by atoms with Gasteiger partial charge in [-0.2, -0.15) is 0 Å². The average molecular weight is 236 g/mol. The summed E-state index contributed by atoms with van der Waals surface area (Å²) in [6, 6.07) is 0.410. The lowest BCUT2D eigenvalue weighted by molar-refractivity contribution is 0.680. The first-order valence-electron chi connectivity index (χ1n) is 6.34. The minimum absolute atomic E-state index is 0.0125. The van der Waals surface area contributed by atoms with Crippen molar-refractivity contribution in [2.45, 2.75) is 32.2 Å². The lowest BCUT2D eigenvalue weighted by atomic mass is 10.4. The van der Waals surface area contributed by atoms with Crippen LogP contribution < -0.4 is 16.2 Å². The zero-order chi connectivity index (χ0) is 12.1. The molecular weight excluding hydrogens is 216 g/mol. The summed E-state index contributed by atoms with van der Waals surface area (Å²) in [5.74, 6) is 0.482. The normalized spacial score (nSPS) is 14.9. The summed E-state index contributed by atoms with van der Waals surface area (Å²) in [7, 11) is 0. The Morgan fingerprint density at radius 1 is 1.47 bits per heavy atom. The van der Waals surface area contributed by atoms with Crippen molar-refractivity contribution in [3.05, 3.63) is 22.7 Å². The second kappa shape index (κ2) is 5.82. The molecule has 0 aliphatic heterocycles. The minimum atomic E-state index is 0.0125. The number of hydrogen-bond donors (Lipinski definition) is 2. The largest absolute Gasteiger partial charge is 0.365 e. The lowest BCUT2D eigenvalue weighted by Gasteiger charge is -2.08. The fraction of sp³-hybridized carbons (Fsp3) is 0.667. The summed E-state index contributed by atoms with van der Waals surface area (Å²) in [5, 5.41) is 6.36. The number of nitrogens with zero attached hydrogens (tertiary/aromatic N) is 2. The van der Waals surface area contributed by atoms with Gasteiger partial charge >= 0.3 is 0 Å². The average Bonchev–Trinajstić information content (AvgIpc) is 3.15. The van der Waals surface area contributed by atoms with Crippen molar-refractivity contribution >= 4 is 5.82 Å². The molecular formula is C12H20N4O. The summed E-state index contributed by atoms with van der Waals surface area (Å²) in [6.07, 6.45) is 6.71. The summed E-state index contributed by atoms with van der Waals surface area (Å²) >= 11 is 0. The standard InChI is InChI=1S/C12H20N4O/c1-2-13-6-3-7-14-11-12(17)16(9-8-15-11)10-4-5-10/h8-10,13H,2-7H2,1H3,(H,14,15). The predicted octanol–water partition coefficient (Wildman–Crippen LogP) is 0.990. The molecule has 1 aromatic heterocycles. The molecule has 5 nitrogen and oxygen atoms in total. The molecule has 0 saturated heterocycles. The van der Waals surface area contributed by atoms with E-state index < -0.39 is 0 Å². The maximum Gasteiger partial charge on any atom is 0.293 e. The maximum absolute atomic E-state index is 12.0. The molecule has 0 unspecified atom stereocenters. The molecule has 0 radical (unpaired) electrons. The Hall–Kier alpha value is -1.36. The van der Waals surface area contributed by atoms with Gasteiger partial charge in [0.25, 0.3) is 5.56 Å². The van der Waals surface area contributed by atoms with Gasteiger partial charge in [-0.25, -0.2) is 4.98 Å². The van der Waals surface area contributed by atoms with Crippen molar-refractivity contribution in [3.8, 4) is 0 Å². The highest BCUT2D eigenvalue weighted by Crippen LogP contribution is 2.33. The highest BCUT2D eigenvalue weighted by Gasteiger charge is 2.25. The molecule has 1 fully saturated rings. The van der Waals surface area contributed by atoms with E-state index in [0.717, 1.165) is 38.9 Å². The Balaban J connectivity index is 1.87. The van der Waals surface area contributed by atoms with Crippen LogP contribution in [0.5, 0.6) is 0 Å². The Kier molecular flexibility index (Phi) is 4.14. The topological polar surface area (TPSA) is 59.0 Å². The molecule has 0 atom stereocenters. The van der Waals surface area contributed by atoms with Gasteiger partial charge in [-0.15, -0.1) is 0 Å². The van der Waals surface area contributed by atoms with Crippen LogP contribution in [0.4, 0.5) is 5.82 Å². The molecule has 0 bridgehead atoms. The fourth-order valence-electron chi connectivity index (χ4n) is 1.78. The third-order valence-electron chi connectivity index (χ3n) is 2.88. The highest BCUT2D eigenvalue weighted by atomic mass is 16.1. The second-order valence-corrected chi connectivity index (χ2v) is 4.35. The van der Waals surface area contributed by atoms with Gasteiger partial charge in [-0.3, -0.25) is 4.79 Å². The van der Waals surface area contributed by atoms with Crippen LogP contribution in [0.3, 0.4) is 0 Å². The number of aromatic nitrogens is 2. The van der Waals surface area contributed by atoms with Crippen molar-refractivity contribution in [3.63, 3.8) is 0 Å². The molecule has 0 amide bonds. The van der Waals surface area contributed by atoms with Gasteiger partial charge in [0.15, 0.2) is 5.82 Å². The fourth-order valence-corrected chi connectivity index (χ4v) is 1.78. The smallest absolute Gasteiger partial charge is 0.293 e. The summed E-state index contributed by atoms with van der Waals surface area (Å²) in [6.45, 7) is 4.82. The Bertz CT molecular complexity index is 411. The molecule has 1 aromatic rings. The van der Waals surface area contributed by atoms with Crippen LogP contribution in [0.1, 0.15) is 32.2 Å². The van der Waals surface area contributed by atoms with Gasteiger partial charge in [-0.1, -0.05) is 6.92 Å². The van der Waals surface area contributed by atoms with Gasteiger partial charge in [0.1, 0.15) is 0 Å². The molecule has 0 spiro atoms. The molecule has 1 heterocycles. The van der Waals surface area contributed by atoms with E-state index in [9.17, 15) is 4.79 Å². The van der Waals surface area contributed by atoms with E-state index in [-0.39, 0.29) is 5.56 Å². The van der Waals surface area contributed by atoms with E-state index in [0.29, 0.717) is 11.9 Å². The number of nitrogens with one attached hydrogen (secondary N) is 2. The monoisotopic (exact) mass is 236 g/mol. The van der Waals surface area contributed by atoms with Crippen molar-refractivity contribution in [2.24, 2.45) is 0 Å². The summed E-state index contributed by atoms with van der Waals surface area (Å²) < 4.78 is 1.79. The first-order chi connectivity index (χ1) is 8.33. The van der Waals surface area contributed by atoms with Crippen LogP contribution in [0.2, 0.25) is 0 Å². The molecule has 5 heteroatoms. The Labute approximate surface area is 101 Å². The third-order valence-corrected chi connectivity index (χ3v) is 2.88. The minimum Gasteiger partial charge on any atom is -0.365 e. The van der Waals surface area contributed by atoms with Crippen molar-refractivity contribution in [2.75, 3.05) is 25.0 Å². The maximum atomic E-state index is 12.0. The van der Waals surface area contributed by atoms with Gasteiger partial charge < -0.3 is 15.2 Å². The quantitative estimate of drug-likeness (QED) is 0.693. The van der Waals surface area contributed by atoms with Crippen LogP contribution >= 0.6 is 0 Å². The number of rotatable bonds is 7. The van der Waals surface area contributed by atoms with Crippen molar-refractivity contribution in [1.29, 1.82) is 0 Å². The van der Waals surface area contributed by atoms with Crippen LogP contribution in [-0.4, -0.2) is 29.2 Å². The summed E-state index contributed by atoms with van der Waals surface area (Å²) in [4.78, 5) is 16.1. The summed E-state index contributed by atoms with van der Waals surface area (Å²) in [5.41, 5.74) is 0.0125. The van der Waals surface area contributed by atoms with Gasteiger partial charge in [-0.05, 0) is 32.4 Å². The molecule has 1 aliphatic carbocycles. The molecule has 1 saturated carbocycles. The van der Waals surface area contributed by atoms with E-state index >= 15 is 0 Å². The van der Waals surface area contributed by atoms with E-state index in [4.69, 9.17) is 0 Å². The third kappa shape index (κ3) is 3.30. The van der Waals surface area contributed by atoms with Crippen molar-refractivity contribution < 1.29 is 0 Å². The zero-order valence-electron chi connectivity index (χ0n) is 10.3. The van der Waals surface area contributed by atoms with Gasteiger partial charge in [0, 0.05) is 25.0 Å². The van der Waals surface area contributed by atoms with Crippen molar-refractivity contribution in [1.82, 2.24) is 14.9 Å². The lowest BCUT2D eigenvalue weighted by Crippen LogP contribution is -2.25. The first kappa shape index (κ1) is 12.1. The van der Waals surface area contributed by atoms with E-state index in [1.807, 2.05) is 0 Å². The van der Waals surface area contributed by atoms with Crippen LogP contribution in [0.25, 0.3) is 0 Å². The Morgan fingerprint density at radius 3 is 3.00 bits per heavy atom.